The smallest absolute Gasteiger partial charge is 0.261 e. The van der Waals surface area contributed by atoms with Gasteiger partial charge in [0.1, 0.15) is 0 Å². The molecule has 0 saturated heterocycles. The van der Waals surface area contributed by atoms with Gasteiger partial charge in [-0.05, 0) is 37.4 Å². The van der Waals surface area contributed by atoms with Crippen LogP contribution < -0.4 is 5.32 Å². The van der Waals surface area contributed by atoms with Gasteiger partial charge in [-0.15, -0.1) is 23.7 Å². The van der Waals surface area contributed by atoms with Crippen molar-refractivity contribution in [1.82, 2.24) is 14.8 Å². The van der Waals surface area contributed by atoms with E-state index in [1.807, 2.05) is 61.0 Å². The third-order valence-electron chi connectivity index (χ3n) is 6.15. The van der Waals surface area contributed by atoms with Crippen molar-refractivity contribution in [2.45, 2.75) is 13.0 Å². The molecule has 2 aromatic heterocycles. The number of para-hydroxylation sites is 1. The number of hydrogen-bond donors (Lipinski definition) is 1. The number of carbonyl (C=O) groups is 2. The molecule has 5 rings (SSSR count). The van der Waals surface area contributed by atoms with Gasteiger partial charge in [0.2, 0.25) is 0 Å². The molecule has 0 atom stereocenters. The van der Waals surface area contributed by atoms with Crippen LogP contribution in [0.4, 0.5) is 0 Å². The Labute approximate surface area is 206 Å². The SMILES string of the molecule is C#CCCN(C)CCn1c(C2=C(c3csc4ccc(Cl)cc34)C(=O)NC2=O)cc2ccccc21. The molecule has 34 heavy (non-hydrogen) atoms. The van der Waals surface area contributed by atoms with Crippen molar-refractivity contribution < 1.29 is 9.59 Å². The molecule has 5 nitrogen and oxygen atoms in total. The molecule has 0 aliphatic carbocycles. The molecule has 0 fully saturated rings. The summed E-state index contributed by atoms with van der Waals surface area (Å²) < 4.78 is 3.13. The molecule has 0 saturated carbocycles. The number of hydrogen-bond acceptors (Lipinski definition) is 4. The molecule has 0 spiro atoms. The van der Waals surface area contributed by atoms with Crippen molar-refractivity contribution in [3.05, 3.63) is 70.2 Å². The number of imide groups is 1. The maximum atomic E-state index is 13.1. The van der Waals surface area contributed by atoms with Gasteiger partial charge in [-0.1, -0.05) is 29.8 Å². The standard InChI is InChI=1S/C27H22ClN3O2S/c1-3-4-11-30(2)12-13-31-21-8-6-5-7-17(21)14-22(31)25-24(26(32)29-27(25)33)20-16-34-23-10-9-18(28)15-19(20)23/h1,5-10,14-16H,4,11-13H2,2H3,(H,29,32,33). The molecule has 1 N–H and O–H groups in total. The van der Waals surface area contributed by atoms with Crippen LogP contribution in [-0.2, 0) is 16.1 Å². The Morgan fingerprint density at radius 3 is 2.71 bits per heavy atom. The highest BCUT2D eigenvalue weighted by Crippen LogP contribution is 2.40. The second kappa shape index (κ2) is 9.11. The maximum absolute atomic E-state index is 13.1. The predicted molar refractivity (Wildman–Crippen MR) is 140 cm³/mol. The molecule has 1 aliphatic heterocycles. The van der Waals surface area contributed by atoms with E-state index in [2.05, 4.69) is 20.7 Å². The molecule has 4 aromatic rings. The van der Waals surface area contributed by atoms with E-state index in [9.17, 15) is 9.59 Å². The Balaban J connectivity index is 1.68. The predicted octanol–water partition coefficient (Wildman–Crippen LogP) is 5.03. The van der Waals surface area contributed by atoms with Crippen molar-refractivity contribution >= 4 is 66.9 Å². The Morgan fingerprint density at radius 1 is 1.09 bits per heavy atom. The van der Waals surface area contributed by atoms with Crippen LogP contribution in [-0.4, -0.2) is 41.4 Å². The molecular formula is C27H22ClN3O2S. The molecule has 3 heterocycles. The van der Waals surface area contributed by atoms with Gasteiger partial charge in [0.05, 0.1) is 16.8 Å². The largest absolute Gasteiger partial charge is 0.339 e. The fraction of sp³-hybridized carbons (Fsp3) is 0.185. The third-order valence-corrected chi connectivity index (χ3v) is 7.34. The van der Waals surface area contributed by atoms with Gasteiger partial charge in [-0.25, -0.2) is 0 Å². The first-order valence-corrected chi connectivity index (χ1v) is 12.2. The zero-order valence-corrected chi connectivity index (χ0v) is 20.2. The summed E-state index contributed by atoms with van der Waals surface area (Å²) in [7, 11) is 2.03. The molecule has 0 radical (unpaired) electrons. The zero-order chi connectivity index (χ0) is 23.8. The number of benzene rings is 2. The molecule has 1 aliphatic rings. The van der Waals surface area contributed by atoms with E-state index < -0.39 is 0 Å². The minimum atomic E-state index is -0.386. The van der Waals surface area contributed by atoms with Crippen LogP contribution >= 0.6 is 22.9 Å². The summed E-state index contributed by atoms with van der Waals surface area (Å²) in [6, 6.07) is 15.6. The van der Waals surface area contributed by atoms with Crippen molar-refractivity contribution in [3.8, 4) is 12.3 Å². The number of fused-ring (bicyclic) bond motifs is 2. The fourth-order valence-corrected chi connectivity index (χ4v) is 5.55. The van der Waals surface area contributed by atoms with Gasteiger partial charge in [0, 0.05) is 63.0 Å². The van der Waals surface area contributed by atoms with E-state index in [0.717, 1.165) is 45.3 Å². The monoisotopic (exact) mass is 487 g/mol. The number of thiophene rings is 1. The van der Waals surface area contributed by atoms with E-state index in [1.54, 1.807) is 0 Å². The first-order valence-electron chi connectivity index (χ1n) is 11.0. The molecule has 170 valence electrons. The lowest BCUT2D eigenvalue weighted by atomic mass is 9.98. The number of carbonyl (C=O) groups excluding carboxylic acids is 2. The maximum Gasteiger partial charge on any atom is 0.261 e. The molecule has 0 unspecified atom stereocenters. The van der Waals surface area contributed by atoms with Gasteiger partial charge in [-0.3, -0.25) is 14.9 Å². The van der Waals surface area contributed by atoms with Crippen molar-refractivity contribution in [1.29, 1.82) is 0 Å². The highest BCUT2D eigenvalue weighted by Gasteiger charge is 2.35. The second-order valence-corrected chi connectivity index (χ2v) is 9.67. The van der Waals surface area contributed by atoms with Crippen LogP contribution in [0.5, 0.6) is 0 Å². The zero-order valence-electron chi connectivity index (χ0n) is 18.6. The van der Waals surface area contributed by atoms with E-state index in [4.69, 9.17) is 18.0 Å². The summed E-state index contributed by atoms with van der Waals surface area (Å²) in [5.41, 5.74) is 3.26. The third kappa shape index (κ3) is 3.92. The van der Waals surface area contributed by atoms with Crippen LogP contribution in [0.25, 0.3) is 32.1 Å². The average Bonchev–Trinajstić information content (AvgIpc) is 3.48. The summed E-state index contributed by atoms with van der Waals surface area (Å²) in [6.07, 6.45) is 6.09. The first kappa shape index (κ1) is 22.4. The summed E-state index contributed by atoms with van der Waals surface area (Å²) in [6.45, 7) is 2.19. The lowest BCUT2D eigenvalue weighted by molar-refractivity contribution is -0.122. The van der Waals surface area contributed by atoms with E-state index in [0.29, 0.717) is 29.1 Å². The number of terminal acetylenes is 1. The Hall–Kier alpha value is -3.37. The molecular weight excluding hydrogens is 466 g/mol. The quantitative estimate of drug-likeness (QED) is 0.294. The lowest BCUT2D eigenvalue weighted by Crippen LogP contribution is -2.25. The molecule has 0 bridgehead atoms. The molecule has 2 amide bonds. The van der Waals surface area contributed by atoms with Crippen LogP contribution in [0.2, 0.25) is 5.02 Å². The van der Waals surface area contributed by atoms with Crippen molar-refractivity contribution in [3.63, 3.8) is 0 Å². The Bertz CT molecular complexity index is 1520. The Kier molecular flexibility index (Phi) is 6.01. The van der Waals surface area contributed by atoms with Crippen molar-refractivity contribution in [2.75, 3.05) is 20.1 Å². The van der Waals surface area contributed by atoms with Gasteiger partial charge in [0.25, 0.3) is 11.8 Å². The number of halogens is 1. The average molecular weight is 488 g/mol. The summed E-state index contributed by atoms with van der Waals surface area (Å²) in [5.74, 6) is 1.90. The normalized spacial score (nSPS) is 13.9. The van der Waals surface area contributed by atoms with E-state index in [-0.39, 0.29) is 11.8 Å². The summed E-state index contributed by atoms with van der Waals surface area (Å²) in [4.78, 5) is 28.4. The highest BCUT2D eigenvalue weighted by molar-refractivity contribution is 7.17. The molecule has 2 aromatic carbocycles. The van der Waals surface area contributed by atoms with Gasteiger partial charge in [0.15, 0.2) is 0 Å². The van der Waals surface area contributed by atoms with E-state index >= 15 is 0 Å². The number of aromatic nitrogens is 1. The fourth-order valence-electron chi connectivity index (χ4n) is 4.45. The Morgan fingerprint density at radius 2 is 1.88 bits per heavy atom. The number of likely N-dealkylation sites (N-methyl/N-ethyl adjacent to an activating group) is 1. The van der Waals surface area contributed by atoms with E-state index in [1.165, 1.54) is 11.3 Å². The van der Waals surface area contributed by atoms with Crippen molar-refractivity contribution in [2.24, 2.45) is 0 Å². The molecule has 7 heteroatoms. The number of rotatable bonds is 7. The van der Waals surface area contributed by atoms with Gasteiger partial charge < -0.3 is 9.47 Å². The highest BCUT2D eigenvalue weighted by atomic mass is 35.5. The van der Waals surface area contributed by atoms with Crippen LogP contribution in [0.1, 0.15) is 17.7 Å². The number of amides is 2. The van der Waals surface area contributed by atoms with Gasteiger partial charge in [-0.2, -0.15) is 0 Å². The number of nitrogens with zero attached hydrogens (tertiary/aromatic N) is 2. The topological polar surface area (TPSA) is 54.3 Å². The minimum Gasteiger partial charge on any atom is -0.339 e. The first-order chi connectivity index (χ1) is 16.5. The van der Waals surface area contributed by atoms with Gasteiger partial charge >= 0.3 is 0 Å². The van der Waals surface area contributed by atoms with Crippen LogP contribution in [0.15, 0.2) is 53.9 Å². The lowest BCUT2D eigenvalue weighted by Gasteiger charge is -2.18. The summed E-state index contributed by atoms with van der Waals surface area (Å²) >= 11 is 7.79. The van der Waals surface area contributed by atoms with Crippen LogP contribution in [0.3, 0.4) is 0 Å². The van der Waals surface area contributed by atoms with Crippen LogP contribution in [0, 0.1) is 12.3 Å². The summed E-state index contributed by atoms with van der Waals surface area (Å²) in [5, 5.41) is 6.92. The number of nitrogens with one attached hydrogen (secondary N) is 1. The minimum absolute atomic E-state index is 0.383. The second-order valence-electron chi connectivity index (χ2n) is 8.32.